The molecule has 1 fully saturated rings. The van der Waals surface area contributed by atoms with Crippen molar-refractivity contribution in [2.75, 3.05) is 6.54 Å². The van der Waals surface area contributed by atoms with Crippen molar-refractivity contribution in [2.24, 2.45) is 0 Å². The molecule has 1 saturated heterocycles. The average molecular weight is 227 g/mol. The molecular weight excluding hydrogens is 210 g/mol. The second kappa shape index (κ2) is 4.72. The molecule has 1 N–H and O–H groups in total. The number of aromatic nitrogens is 2. The number of hydrogen-bond acceptors (Lipinski definition) is 2. The van der Waals surface area contributed by atoms with E-state index >= 15 is 0 Å². The number of benzene rings is 1. The van der Waals surface area contributed by atoms with Crippen LogP contribution in [0.1, 0.15) is 18.4 Å². The van der Waals surface area contributed by atoms with Gasteiger partial charge in [-0.3, -0.25) is 0 Å². The van der Waals surface area contributed by atoms with Gasteiger partial charge in [0, 0.05) is 18.4 Å². The van der Waals surface area contributed by atoms with Crippen LogP contribution < -0.4 is 5.32 Å². The van der Waals surface area contributed by atoms with Crippen LogP contribution in [-0.2, 0) is 6.42 Å². The van der Waals surface area contributed by atoms with E-state index in [4.69, 9.17) is 0 Å². The molecule has 0 radical (unpaired) electrons. The van der Waals surface area contributed by atoms with Gasteiger partial charge in [0.25, 0.3) is 0 Å². The van der Waals surface area contributed by atoms with Gasteiger partial charge < -0.3 is 5.32 Å². The highest BCUT2D eigenvalue weighted by molar-refractivity contribution is 5.40. The zero-order chi connectivity index (χ0) is 11.5. The molecule has 17 heavy (non-hydrogen) atoms. The molecule has 1 aromatic heterocycles. The molecule has 0 spiro atoms. The highest BCUT2D eigenvalue weighted by Gasteiger charge is 2.16. The predicted octanol–water partition coefficient (Wildman–Crippen LogP) is 2.17. The molecule has 0 bridgehead atoms. The van der Waals surface area contributed by atoms with E-state index in [1.165, 1.54) is 24.1 Å². The summed E-state index contributed by atoms with van der Waals surface area (Å²) < 4.78 is 1.95. The van der Waals surface area contributed by atoms with Crippen LogP contribution in [0.15, 0.2) is 42.7 Å². The second-order valence-corrected chi connectivity index (χ2v) is 4.58. The fourth-order valence-corrected chi connectivity index (χ4v) is 2.51. The zero-order valence-electron chi connectivity index (χ0n) is 9.84. The fraction of sp³-hybridized carbons (Fsp3) is 0.357. The van der Waals surface area contributed by atoms with Crippen LogP contribution in [-0.4, -0.2) is 22.4 Å². The first-order chi connectivity index (χ1) is 8.43. The third-order valence-corrected chi connectivity index (χ3v) is 3.37. The van der Waals surface area contributed by atoms with Crippen LogP contribution in [0.3, 0.4) is 0 Å². The molecule has 1 atom stereocenters. The quantitative estimate of drug-likeness (QED) is 0.871. The van der Waals surface area contributed by atoms with E-state index in [0.717, 1.165) is 13.0 Å². The summed E-state index contributed by atoms with van der Waals surface area (Å²) >= 11 is 0. The Labute approximate surface area is 101 Å². The summed E-state index contributed by atoms with van der Waals surface area (Å²) in [5.74, 6) is 0. The van der Waals surface area contributed by atoms with Crippen molar-refractivity contribution >= 4 is 0 Å². The monoisotopic (exact) mass is 227 g/mol. The highest BCUT2D eigenvalue weighted by Crippen LogP contribution is 2.18. The smallest absolute Gasteiger partial charge is 0.0678 e. The molecule has 1 aliphatic heterocycles. The number of nitrogens with zero attached hydrogens (tertiary/aromatic N) is 2. The van der Waals surface area contributed by atoms with Gasteiger partial charge in [0.2, 0.25) is 0 Å². The summed E-state index contributed by atoms with van der Waals surface area (Å²) in [7, 11) is 0. The molecule has 3 nitrogen and oxygen atoms in total. The average Bonchev–Trinajstić information content (AvgIpc) is 3.01. The Morgan fingerprint density at radius 3 is 3.00 bits per heavy atom. The van der Waals surface area contributed by atoms with E-state index in [2.05, 4.69) is 34.7 Å². The van der Waals surface area contributed by atoms with E-state index in [-0.39, 0.29) is 0 Å². The van der Waals surface area contributed by atoms with Crippen molar-refractivity contribution in [1.29, 1.82) is 0 Å². The fourth-order valence-electron chi connectivity index (χ4n) is 2.51. The standard InChI is InChI=1S/C14H17N3/c1-2-7-14(17-10-4-9-16-17)12(5-1)11-13-6-3-8-15-13/h1-2,4-5,7,9-10,13,15H,3,6,8,11H2. The van der Waals surface area contributed by atoms with Crippen LogP contribution in [0.25, 0.3) is 5.69 Å². The van der Waals surface area contributed by atoms with Crippen molar-refractivity contribution in [1.82, 2.24) is 15.1 Å². The Hall–Kier alpha value is -1.61. The van der Waals surface area contributed by atoms with Gasteiger partial charge in [-0.1, -0.05) is 18.2 Å². The zero-order valence-corrected chi connectivity index (χ0v) is 9.84. The minimum absolute atomic E-state index is 0.631. The summed E-state index contributed by atoms with van der Waals surface area (Å²) in [5.41, 5.74) is 2.57. The molecule has 0 aliphatic carbocycles. The molecule has 2 aromatic rings. The number of rotatable bonds is 3. The minimum atomic E-state index is 0.631. The van der Waals surface area contributed by atoms with Gasteiger partial charge in [0.1, 0.15) is 0 Å². The maximum Gasteiger partial charge on any atom is 0.0678 e. The van der Waals surface area contributed by atoms with Crippen molar-refractivity contribution in [3.63, 3.8) is 0 Å². The van der Waals surface area contributed by atoms with Crippen LogP contribution in [0.4, 0.5) is 0 Å². The van der Waals surface area contributed by atoms with Crippen LogP contribution in [0.5, 0.6) is 0 Å². The molecule has 1 aromatic carbocycles. The lowest BCUT2D eigenvalue weighted by Crippen LogP contribution is -2.24. The lowest BCUT2D eigenvalue weighted by Gasteiger charge is -2.14. The molecule has 3 rings (SSSR count). The van der Waals surface area contributed by atoms with Crippen LogP contribution in [0.2, 0.25) is 0 Å². The molecule has 88 valence electrons. The van der Waals surface area contributed by atoms with Crippen molar-refractivity contribution in [2.45, 2.75) is 25.3 Å². The van der Waals surface area contributed by atoms with Gasteiger partial charge in [0.05, 0.1) is 5.69 Å². The van der Waals surface area contributed by atoms with Crippen molar-refractivity contribution in [3.8, 4) is 5.69 Å². The summed E-state index contributed by atoms with van der Waals surface area (Å²) in [4.78, 5) is 0. The van der Waals surface area contributed by atoms with Crippen molar-refractivity contribution in [3.05, 3.63) is 48.3 Å². The summed E-state index contributed by atoms with van der Waals surface area (Å²) in [6.45, 7) is 1.16. The van der Waals surface area contributed by atoms with Gasteiger partial charge in [-0.05, 0) is 43.5 Å². The van der Waals surface area contributed by atoms with E-state index < -0.39 is 0 Å². The maximum atomic E-state index is 4.32. The summed E-state index contributed by atoms with van der Waals surface area (Å²) in [6, 6.07) is 11.1. The first-order valence-corrected chi connectivity index (χ1v) is 6.25. The Morgan fingerprint density at radius 1 is 1.29 bits per heavy atom. The third kappa shape index (κ3) is 2.24. The summed E-state index contributed by atoms with van der Waals surface area (Å²) in [6.07, 6.45) is 7.50. The summed E-state index contributed by atoms with van der Waals surface area (Å²) in [5, 5.41) is 7.87. The van der Waals surface area contributed by atoms with E-state index in [1.54, 1.807) is 0 Å². The molecule has 3 heteroatoms. The SMILES string of the molecule is c1ccc(-n2cccn2)c(CC2CCCN2)c1. The Kier molecular flexibility index (Phi) is 2.92. The molecule has 0 amide bonds. The molecular formula is C14H17N3. The van der Waals surface area contributed by atoms with Gasteiger partial charge >= 0.3 is 0 Å². The third-order valence-electron chi connectivity index (χ3n) is 3.37. The van der Waals surface area contributed by atoms with Crippen molar-refractivity contribution < 1.29 is 0 Å². The van der Waals surface area contributed by atoms with Gasteiger partial charge in [0.15, 0.2) is 0 Å². The second-order valence-electron chi connectivity index (χ2n) is 4.58. The van der Waals surface area contributed by atoms with Crippen LogP contribution >= 0.6 is 0 Å². The van der Waals surface area contributed by atoms with Gasteiger partial charge in [-0.2, -0.15) is 5.10 Å². The lowest BCUT2D eigenvalue weighted by atomic mass is 10.0. The Morgan fingerprint density at radius 2 is 2.24 bits per heavy atom. The largest absolute Gasteiger partial charge is 0.314 e. The lowest BCUT2D eigenvalue weighted by molar-refractivity contribution is 0.600. The first kappa shape index (κ1) is 10.5. The molecule has 1 unspecified atom stereocenters. The topological polar surface area (TPSA) is 29.9 Å². The van der Waals surface area contributed by atoms with E-state index in [9.17, 15) is 0 Å². The Balaban J connectivity index is 1.88. The molecule has 2 heterocycles. The first-order valence-electron chi connectivity index (χ1n) is 6.25. The van der Waals surface area contributed by atoms with E-state index in [0.29, 0.717) is 6.04 Å². The number of hydrogen-bond donors (Lipinski definition) is 1. The molecule has 1 aliphatic rings. The minimum Gasteiger partial charge on any atom is -0.314 e. The van der Waals surface area contributed by atoms with Crippen LogP contribution in [0, 0.1) is 0 Å². The number of nitrogens with one attached hydrogen (secondary N) is 1. The predicted molar refractivity (Wildman–Crippen MR) is 68.3 cm³/mol. The normalized spacial score (nSPS) is 19.6. The molecule has 0 saturated carbocycles. The Bertz CT molecular complexity index is 470. The van der Waals surface area contributed by atoms with Gasteiger partial charge in [-0.15, -0.1) is 0 Å². The van der Waals surface area contributed by atoms with E-state index in [1.807, 2.05) is 23.1 Å². The highest BCUT2D eigenvalue weighted by atomic mass is 15.3. The number of para-hydroxylation sites is 1. The maximum absolute atomic E-state index is 4.32. The van der Waals surface area contributed by atoms with Gasteiger partial charge in [-0.25, -0.2) is 4.68 Å².